The van der Waals surface area contributed by atoms with Crippen LogP contribution < -0.4 is 5.73 Å². The van der Waals surface area contributed by atoms with E-state index in [0.717, 1.165) is 10.0 Å². The van der Waals surface area contributed by atoms with Gasteiger partial charge in [0, 0.05) is 14.9 Å². The second-order valence-electron chi connectivity index (χ2n) is 3.07. The van der Waals surface area contributed by atoms with E-state index in [9.17, 15) is 0 Å². The first-order valence-corrected chi connectivity index (χ1v) is 6.63. The summed E-state index contributed by atoms with van der Waals surface area (Å²) < 4.78 is 5.98. The number of halogens is 1. The second kappa shape index (κ2) is 4.99. The van der Waals surface area contributed by atoms with Crippen LogP contribution >= 0.6 is 27.7 Å². The van der Waals surface area contributed by atoms with Gasteiger partial charge in [-0.15, -0.1) is 11.8 Å². The average molecular weight is 300 g/mol. The molecule has 1 aromatic carbocycles. The Hall–Kier alpha value is -0.850. The van der Waals surface area contributed by atoms with Gasteiger partial charge in [-0.3, -0.25) is 0 Å². The minimum atomic E-state index is 0.261. The molecule has 0 atom stereocenters. The van der Waals surface area contributed by atoms with Crippen molar-refractivity contribution in [2.45, 2.75) is 11.4 Å². The van der Waals surface area contributed by atoms with Crippen molar-refractivity contribution in [3.63, 3.8) is 0 Å². The summed E-state index contributed by atoms with van der Waals surface area (Å²) in [5, 5.41) is 3.86. The monoisotopic (exact) mass is 299 g/mol. The summed E-state index contributed by atoms with van der Waals surface area (Å²) in [6.45, 7) is 0.261. The molecule has 0 saturated heterocycles. The van der Waals surface area contributed by atoms with Gasteiger partial charge in [-0.2, -0.15) is 4.98 Å². The van der Waals surface area contributed by atoms with E-state index in [0.29, 0.717) is 11.7 Å². The molecule has 1 heterocycles. The Bertz CT molecular complexity index is 501. The Labute approximate surface area is 106 Å². The molecule has 0 amide bonds. The summed E-state index contributed by atoms with van der Waals surface area (Å²) >= 11 is 5.17. The first kappa shape index (κ1) is 11.6. The largest absolute Gasteiger partial charge is 0.338 e. The van der Waals surface area contributed by atoms with Crippen molar-refractivity contribution in [1.82, 2.24) is 10.1 Å². The summed E-state index contributed by atoms with van der Waals surface area (Å²) in [6.07, 6.45) is 2.03. The van der Waals surface area contributed by atoms with Crippen molar-refractivity contribution in [3.05, 3.63) is 28.6 Å². The Morgan fingerprint density at radius 2 is 2.31 bits per heavy atom. The quantitative estimate of drug-likeness (QED) is 0.883. The smallest absolute Gasteiger partial charge is 0.240 e. The van der Waals surface area contributed by atoms with Crippen LogP contribution in [0.15, 0.2) is 32.1 Å². The number of rotatable bonds is 3. The van der Waals surface area contributed by atoms with E-state index >= 15 is 0 Å². The molecule has 2 rings (SSSR count). The highest BCUT2D eigenvalue weighted by molar-refractivity contribution is 9.10. The summed E-state index contributed by atoms with van der Waals surface area (Å²) in [5.74, 6) is 1.01. The van der Waals surface area contributed by atoms with Crippen LogP contribution in [0.4, 0.5) is 0 Å². The maximum Gasteiger partial charge on any atom is 0.240 e. The number of benzene rings is 1. The number of nitrogens with two attached hydrogens (primary N) is 1. The van der Waals surface area contributed by atoms with Gasteiger partial charge in [0.15, 0.2) is 0 Å². The van der Waals surface area contributed by atoms with Crippen LogP contribution in [-0.4, -0.2) is 16.4 Å². The highest BCUT2D eigenvalue weighted by Crippen LogP contribution is 2.29. The van der Waals surface area contributed by atoms with Gasteiger partial charge in [-0.1, -0.05) is 5.16 Å². The first-order valence-electron chi connectivity index (χ1n) is 4.61. The lowest BCUT2D eigenvalue weighted by Gasteiger charge is -2.01. The normalized spacial score (nSPS) is 10.7. The molecule has 84 valence electrons. The van der Waals surface area contributed by atoms with Crippen LogP contribution in [0.1, 0.15) is 5.89 Å². The molecule has 0 aliphatic heterocycles. The molecular weight excluding hydrogens is 290 g/mol. The number of hydrogen-bond acceptors (Lipinski definition) is 5. The SMILES string of the molecule is CSc1ccc(-c2noc(CN)n2)cc1Br. The van der Waals surface area contributed by atoms with E-state index in [1.807, 2.05) is 24.5 Å². The van der Waals surface area contributed by atoms with Gasteiger partial charge < -0.3 is 10.3 Å². The molecule has 4 nitrogen and oxygen atoms in total. The van der Waals surface area contributed by atoms with Crippen molar-refractivity contribution in [2.75, 3.05) is 6.26 Å². The zero-order valence-corrected chi connectivity index (χ0v) is 11.0. The minimum absolute atomic E-state index is 0.261. The van der Waals surface area contributed by atoms with E-state index < -0.39 is 0 Å². The first-order chi connectivity index (χ1) is 7.74. The summed E-state index contributed by atoms with van der Waals surface area (Å²) in [4.78, 5) is 5.34. The fourth-order valence-electron chi connectivity index (χ4n) is 1.26. The average Bonchev–Trinajstić information content (AvgIpc) is 2.77. The van der Waals surface area contributed by atoms with E-state index in [-0.39, 0.29) is 6.54 Å². The Balaban J connectivity index is 2.37. The molecule has 1 aromatic heterocycles. The van der Waals surface area contributed by atoms with Crippen molar-refractivity contribution < 1.29 is 4.52 Å². The Morgan fingerprint density at radius 3 is 2.88 bits per heavy atom. The van der Waals surface area contributed by atoms with Crippen molar-refractivity contribution in [2.24, 2.45) is 5.73 Å². The predicted octanol–water partition coefficient (Wildman–Crippen LogP) is 2.68. The van der Waals surface area contributed by atoms with Gasteiger partial charge in [0.2, 0.25) is 11.7 Å². The molecule has 0 saturated carbocycles. The molecule has 6 heteroatoms. The maximum absolute atomic E-state index is 5.41. The highest BCUT2D eigenvalue weighted by atomic mass is 79.9. The van der Waals surface area contributed by atoms with Crippen molar-refractivity contribution in [3.8, 4) is 11.4 Å². The molecule has 0 spiro atoms. The minimum Gasteiger partial charge on any atom is -0.338 e. The number of nitrogens with zero attached hydrogens (tertiary/aromatic N) is 2. The highest BCUT2D eigenvalue weighted by Gasteiger charge is 2.09. The maximum atomic E-state index is 5.41. The molecular formula is C10H10BrN3OS. The molecule has 0 bridgehead atoms. The second-order valence-corrected chi connectivity index (χ2v) is 4.77. The lowest BCUT2D eigenvalue weighted by Crippen LogP contribution is -1.95. The summed E-state index contributed by atoms with van der Waals surface area (Å²) in [6, 6.07) is 5.95. The number of hydrogen-bond donors (Lipinski definition) is 1. The third-order valence-corrected chi connectivity index (χ3v) is 3.77. The van der Waals surface area contributed by atoms with Gasteiger partial charge >= 0.3 is 0 Å². The molecule has 0 aliphatic carbocycles. The Morgan fingerprint density at radius 1 is 1.50 bits per heavy atom. The van der Waals surface area contributed by atoms with Crippen LogP contribution in [0.5, 0.6) is 0 Å². The number of aromatic nitrogens is 2. The third kappa shape index (κ3) is 2.28. The van der Waals surface area contributed by atoms with Crippen LogP contribution in [0.2, 0.25) is 0 Å². The van der Waals surface area contributed by atoms with E-state index in [4.69, 9.17) is 10.3 Å². The lowest BCUT2D eigenvalue weighted by molar-refractivity contribution is 0.380. The van der Waals surface area contributed by atoms with Gasteiger partial charge in [0.1, 0.15) is 0 Å². The zero-order valence-electron chi connectivity index (χ0n) is 8.61. The summed E-state index contributed by atoms with van der Waals surface area (Å²) in [5.41, 5.74) is 6.32. The molecule has 0 fully saturated rings. The predicted molar refractivity (Wildman–Crippen MR) is 67.1 cm³/mol. The molecule has 2 aromatic rings. The van der Waals surface area contributed by atoms with Crippen molar-refractivity contribution >= 4 is 27.7 Å². The molecule has 0 radical (unpaired) electrons. The van der Waals surface area contributed by atoms with Crippen LogP contribution in [0.25, 0.3) is 11.4 Å². The van der Waals surface area contributed by atoms with Gasteiger partial charge in [-0.25, -0.2) is 0 Å². The van der Waals surface area contributed by atoms with E-state index in [2.05, 4.69) is 26.1 Å². The van der Waals surface area contributed by atoms with Crippen LogP contribution in [-0.2, 0) is 6.54 Å². The van der Waals surface area contributed by atoms with Gasteiger partial charge in [-0.05, 0) is 40.4 Å². The summed E-state index contributed by atoms with van der Waals surface area (Å²) in [7, 11) is 0. The molecule has 0 aliphatic rings. The third-order valence-electron chi connectivity index (χ3n) is 2.05. The zero-order chi connectivity index (χ0) is 11.5. The van der Waals surface area contributed by atoms with Gasteiger partial charge in [0.05, 0.1) is 6.54 Å². The number of thioether (sulfide) groups is 1. The fourth-order valence-corrected chi connectivity index (χ4v) is 2.58. The van der Waals surface area contributed by atoms with Crippen molar-refractivity contribution in [1.29, 1.82) is 0 Å². The molecule has 2 N–H and O–H groups in total. The Kier molecular flexibility index (Phi) is 3.63. The fraction of sp³-hybridized carbons (Fsp3) is 0.200. The lowest BCUT2D eigenvalue weighted by atomic mass is 10.2. The topological polar surface area (TPSA) is 64.9 Å². The van der Waals surface area contributed by atoms with E-state index in [1.54, 1.807) is 11.8 Å². The standard InChI is InChI=1S/C10H10BrN3OS/c1-16-8-3-2-6(4-7(8)11)10-13-9(5-12)15-14-10/h2-4H,5,12H2,1H3. The molecule has 16 heavy (non-hydrogen) atoms. The molecule has 0 unspecified atom stereocenters. The van der Waals surface area contributed by atoms with Crippen LogP contribution in [0.3, 0.4) is 0 Å². The van der Waals surface area contributed by atoms with E-state index in [1.165, 1.54) is 4.90 Å². The van der Waals surface area contributed by atoms with Crippen LogP contribution in [0, 0.1) is 0 Å². The van der Waals surface area contributed by atoms with Gasteiger partial charge in [0.25, 0.3) is 0 Å².